The first-order chi connectivity index (χ1) is 13.9. The highest BCUT2D eigenvalue weighted by Gasteiger charge is 2.26. The molecule has 0 aromatic heterocycles. The number of nitrogens with zero attached hydrogens (tertiary/aromatic N) is 1. The molecule has 0 saturated heterocycles. The van der Waals surface area contributed by atoms with E-state index in [4.69, 9.17) is 14.2 Å². The molecule has 2 aromatic carbocycles. The second kappa shape index (κ2) is 8.44. The third-order valence-corrected chi connectivity index (χ3v) is 5.70. The van der Waals surface area contributed by atoms with Crippen molar-refractivity contribution >= 4 is 29.1 Å². The fraction of sp³-hybridized carbons (Fsp3) is 0.250. The molecule has 9 heteroatoms. The van der Waals surface area contributed by atoms with E-state index >= 15 is 0 Å². The molecule has 0 aliphatic carbocycles. The number of esters is 1. The van der Waals surface area contributed by atoms with Gasteiger partial charge in [0.2, 0.25) is 0 Å². The third kappa shape index (κ3) is 4.00. The van der Waals surface area contributed by atoms with Gasteiger partial charge in [-0.1, -0.05) is 23.9 Å². The van der Waals surface area contributed by atoms with E-state index in [0.717, 1.165) is 10.5 Å². The Morgan fingerprint density at radius 2 is 1.83 bits per heavy atom. The number of nitro benzene ring substituents is 1. The Morgan fingerprint density at radius 1 is 1.14 bits per heavy atom. The molecule has 0 saturated carbocycles. The molecule has 0 radical (unpaired) electrons. The highest BCUT2D eigenvalue weighted by molar-refractivity contribution is 8.04. The molecule has 152 valence electrons. The Balaban J connectivity index is 2.15. The highest BCUT2D eigenvalue weighted by atomic mass is 32.2. The number of nitrogens with one attached hydrogen (secondary N) is 1. The monoisotopic (exact) mass is 416 g/mol. The molecule has 0 amide bonds. The molecule has 0 bridgehead atoms. The van der Waals surface area contributed by atoms with Gasteiger partial charge in [0.15, 0.2) is 11.5 Å². The zero-order valence-corrected chi connectivity index (χ0v) is 17.2. The van der Waals surface area contributed by atoms with Gasteiger partial charge in [0.05, 0.1) is 31.9 Å². The molecule has 29 heavy (non-hydrogen) atoms. The number of methoxy groups -OCH3 is 3. The maximum atomic E-state index is 12.5. The van der Waals surface area contributed by atoms with Crippen LogP contribution in [0.15, 0.2) is 40.1 Å². The largest absolute Gasteiger partial charge is 0.493 e. The van der Waals surface area contributed by atoms with Crippen LogP contribution in [0.1, 0.15) is 16.7 Å². The lowest BCUT2D eigenvalue weighted by Crippen LogP contribution is -2.15. The van der Waals surface area contributed by atoms with Gasteiger partial charge >= 0.3 is 5.97 Å². The molecule has 0 atom stereocenters. The van der Waals surface area contributed by atoms with E-state index in [1.807, 2.05) is 6.07 Å². The van der Waals surface area contributed by atoms with Crippen LogP contribution in [-0.2, 0) is 16.1 Å². The van der Waals surface area contributed by atoms with Crippen molar-refractivity contribution in [2.24, 2.45) is 0 Å². The quantitative estimate of drug-likeness (QED) is 0.448. The Kier molecular flexibility index (Phi) is 5.97. The summed E-state index contributed by atoms with van der Waals surface area (Å²) in [6.07, 6.45) is 0. The molecule has 1 N–H and O–H groups in total. The van der Waals surface area contributed by atoms with E-state index in [-0.39, 0.29) is 5.69 Å². The van der Waals surface area contributed by atoms with Gasteiger partial charge in [0.25, 0.3) is 5.69 Å². The van der Waals surface area contributed by atoms with Crippen molar-refractivity contribution in [1.29, 1.82) is 0 Å². The molecule has 1 aliphatic rings. The summed E-state index contributed by atoms with van der Waals surface area (Å²) in [5.74, 6) is 0.573. The lowest BCUT2D eigenvalue weighted by Gasteiger charge is -2.13. The molecule has 1 heterocycles. The number of carbonyl (C=O) groups is 1. The van der Waals surface area contributed by atoms with Gasteiger partial charge in [0, 0.05) is 28.6 Å². The van der Waals surface area contributed by atoms with Crippen molar-refractivity contribution < 1.29 is 23.9 Å². The molecule has 8 nitrogen and oxygen atoms in total. The van der Waals surface area contributed by atoms with Crippen molar-refractivity contribution in [2.45, 2.75) is 18.4 Å². The van der Waals surface area contributed by atoms with Crippen LogP contribution >= 0.6 is 11.8 Å². The van der Waals surface area contributed by atoms with Crippen LogP contribution < -0.4 is 14.8 Å². The summed E-state index contributed by atoms with van der Waals surface area (Å²) in [4.78, 5) is 24.6. The average Bonchev–Trinajstić information content (AvgIpc) is 2.91. The number of hydrogen-bond donors (Lipinski definition) is 1. The van der Waals surface area contributed by atoms with Crippen LogP contribution in [0.25, 0.3) is 5.70 Å². The van der Waals surface area contributed by atoms with E-state index in [1.165, 1.54) is 32.0 Å². The summed E-state index contributed by atoms with van der Waals surface area (Å²) >= 11 is 1.22. The zero-order valence-electron chi connectivity index (χ0n) is 16.4. The van der Waals surface area contributed by atoms with Crippen LogP contribution in [0.2, 0.25) is 0 Å². The predicted molar refractivity (Wildman–Crippen MR) is 109 cm³/mol. The van der Waals surface area contributed by atoms with Crippen molar-refractivity contribution in [3.8, 4) is 11.5 Å². The van der Waals surface area contributed by atoms with E-state index < -0.39 is 10.9 Å². The summed E-state index contributed by atoms with van der Waals surface area (Å²) in [5, 5.41) is 14.6. The number of rotatable bonds is 5. The summed E-state index contributed by atoms with van der Waals surface area (Å²) in [6.45, 7) is 2.06. The molecular weight excluding hydrogens is 396 g/mol. The van der Waals surface area contributed by atoms with Gasteiger partial charge in [-0.25, -0.2) is 4.79 Å². The van der Waals surface area contributed by atoms with E-state index in [9.17, 15) is 14.9 Å². The SMILES string of the molecule is COC(=O)C1=C(c2ccc(C)c([N+](=O)[O-])c2)NCc2cc(OC)c(OC)cc2S1. The molecule has 0 spiro atoms. The van der Waals surface area contributed by atoms with Crippen LogP contribution in [0.3, 0.4) is 0 Å². The molecule has 0 fully saturated rings. The fourth-order valence-corrected chi connectivity index (χ4v) is 4.10. The second-order valence-electron chi connectivity index (χ2n) is 6.22. The van der Waals surface area contributed by atoms with E-state index in [2.05, 4.69) is 5.32 Å². The first-order valence-corrected chi connectivity index (χ1v) is 9.45. The topological polar surface area (TPSA) is 99.9 Å². The molecule has 3 rings (SSSR count). The van der Waals surface area contributed by atoms with Crippen molar-refractivity contribution in [3.05, 3.63) is 62.0 Å². The number of ether oxygens (including phenoxy) is 3. The number of benzene rings is 2. The van der Waals surface area contributed by atoms with Gasteiger partial charge in [-0.05, 0) is 24.6 Å². The van der Waals surface area contributed by atoms with Gasteiger partial charge < -0.3 is 19.5 Å². The number of nitro groups is 1. The minimum absolute atomic E-state index is 0.0175. The zero-order chi connectivity index (χ0) is 21.1. The lowest BCUT2D eigenvalue weighted by atomic mass is 10.1. The summed E-state index contributed by atoms with van der Waals surface area (Å²) in [6, 6.07) is 8.49. The van der Waals surface area contributed by atoms with Crippen LogP contribution in [0, 0.1) is 17.0 Å². The maximum Gasteiger partial charge on any atom is 0.346 e. The first-order valence-electron chi connectivity index (χ1n) is 8.64. The molecule has 1 aliphatic heterocycles. The van der Waals surface area contributed by atoms with Crippen LogP contribution in [0.5, 0.6) is 11.5 Å². The molecule has 2 aromatic rings. The third-order valence-electron chi connectivity index (χ3n) is 4.53. The van der Waals surface area contributed by atoms with Crippen LogP contribution in [0.4, 0.5) is 5.69 Å². The Bertz CT molecular complexity index is 1020. The summed E-state index contributed by atoms with van der Waals surface area (Å²) in [5.41, 5.74) is 2.42. The fourth-order valence-electron chi connectivity index (χ4n) is 2.99. The Hall–Kier alpha value is -3.20. The molecule has 0 unspecified atom stereocenters. The maximum absolute atomic E-state index is 12.5. The Morgan fingerprint density at radius 3 is 2.45 bits per heavy atom. The normalized spacial score (nSPS) is 13.1. The van der Waals surface area contributed by atoms with Gasteiger partial charge in [-0.3, -0.25) is 10.1 Å². The van der Waals surface area contributed by atoms with E-state index in [1.54, 1.807) is 32.2 Å². The molecular formula is C20H20N2O6S. The van der Waals surface area contributed by atoms with E-state index in [0.29, 0.717) is 39.8 Å². The number of hydrogen-bond acceptors (Lipinski definition) is 8. The van der Waals surface area contributed by atoms with Gasteiger partial charge in [-0.2, -0.15) is 0 Å². The second-order valence-corrected chi connectivity index (χ2v) is 7.28. The number of aryl methyl sites for hydroxylation is 1. The van der Waals surface area contributed by atoms with Gasteiger partial charge in [0.1, 0.15) is 4.91 Å². The van der Waals surface area contributed by atoms with Crippen LogP contribution in [-0.4, -0.2) is 32.2 Å². The van der Waals surface area contributed by atoms with Crippen molar-refractivity contribution in [1.82, 2.24) is 5.32 Å². The first kappa shape index (κ1) is 20.5. The van der Waals surface area contributed by atoms with Gasteiger partial charge in [-0.15, -0.1) is 0 Å². The predicted octanol–water partition coefficient (Wildman–Crippen LogP) is 3.66. The highest BCUT2D eigenvalue weighted by Crippen LogP contribution is 2.42. The number of thioether (sulfide) groups is 1. The standard InChI is InChI=1S/C20H20N2O6S/c1-11-5-6-12(7-14(11)22(24)25)18-19(20(23)28-4)29-17-9-16(27-3)15(26-2)8-13(17)10-21-18/h5-9,21H,10H2,1-4H3. The number of fused-ring (bicyclic) bond motifs is 1. The minimum Gasteiger partial charge on any atom is -0.493 e. The average molecular weight is 416 g/mol. The van der Waals surface area contributed by atoms with Crippen molar-refractivity contribution in [2.75, 3.05) is 21.3 Å². The Labute approximate surface area is 172 Å². The van der Waals surface area contributed by atoms with Crippen molar-refractivity contribution in [3.63, 3.8) is 0 Å². The minimum atomic E-state index is -0.539. The summed E-state index contributed by atoms with van der Waals surface area (Å²) < 4.78 is 15.7. The lowest BCUT2D eigenvalue weighted by molar-refractivity contribution is -0.385. The smallest absolute Gasteiger partial charge is 0.346 e. The summed E-state index contributed by atoms with van der Waals surface area (Å²) in [7, 11) is 4.39. The number of carbonyl (C=O) groups excluding carboxylic acids is 1.